The molecule has 0 spiro atoms. The van der Waals surface area contributed by atoms with Crippen molar-refractivity contribution in [3.63, 3.8) is 0 Å². The van der Waals surface area contributed by atoms with Crippen LogP contribution in [0.1, 0.15) is 34.8 Å². The number of nitrogens with one attached hydrogen (secondary N) is 1. The average molecular weight is 418 g/mol. The lowest BCUT2D eigenvalue weighted by Gasteiger charge is -2.07. The standard InChI is InChI=1S/C24H23N3O2S/c1-16(2)14-29-24(28)19-8-10-21(11-9-19)26-13-20(12-25)23-27-22(15-30-23)18-6-4-17(3)5-7-18/h4-11,13,15-16,26H,14H2,1-3H3. The highest BCUT2D eigenvalue weighted by molar-refractivity contribution is 7.11. The summed E-state index contributed by atoms with van der Waals surface area (Å²) < 4.78 is 5.23. The minimum Gasteiger partial charge on any atom is -0.462 e. The molecule has 3 aromatic rings. The normalized spacial score (nSPS) is 11.2. The molecule has 2 aromatic carbocycles. The van der Waals surface area contributed by atoms with Gasteiger partial charge in [0.1, 0.15) is 16.6 Å². The van der Waals surface area contributed by atoms with Gasteiger partial charge in [0.15, 0.2) is 0 Å². The number of rotatable bonds is 7. The molecule has 0 atom stereocenters. The molecule has 3 rings (SSSR count). The van der Waals surface area contributed by atoms with E-state index in [4.69, 9.17) is 4.74 Å². The van der Waals surface area contributed by atoms with E-state index < -0.39 is 0 Å². The van der Waals surface area contributed by atoms with E-state index in [-0.39, 0.29) is 5.97 Å². The smallest absolute Gasteiger partial charge is 0.338 e. The van der Waals surface area contributed by atoms with Crippen LogP contribution in [0, 0.1) is 24.2 Å². The molecule has 0 unspecified atom stereocenters. The summed E-state index contributed by atoms with van der Waals surface area (Å²) in [5, 5.41) is 15.2. The highest BCUT2D eigenvalue weighted by Gasteiger charge is 2.10. The van der Waals surface area contributed by atoms with Gasteiger partial charge in [-0.05, 0) is 37.1 Å². The Morgan fingerprint density at radius 3 is 2.53 bits per heavy atom. The third-order valence-electron chi connectivity index (χ3n) is 4.25. The minimum atomic E-state index is -0.338. The van der Waals surface area contributed by atoms with E-state index in [9.17, 15) is 10.1 Å². The summed E-state index contributed by atoms with van der Waals surface area (Å²) in [6.07, 6.45) is 1.63. The van der Waals surface area contributed by atoms with Crippen molar-refractivity contribution in [2.45, 2.75) is 20.8 Å². The molecule has 0 aliphatic carbocycles. The highest BCUT2D eigenvalue weighted by atomic mass is 32.1. The predicted molar refractivity (Wildman–Crippen MR) is 121 cm³/mol. The van der Waals surface area contributed by atoms with Crippen molar-refractivity contribution >= 4 is 28.6 Å². The first-order chi connectivity index (χ1) is 14.5. The van der Waals surface area contributed by atoms with Crippen LogP contribution in [-0.4, -0.2) is 17.6 Å². The van der Waals surface area contributed by atoms with Crippen LogP contribution >= 0.6 is 11.3 Å². The molecule has 0 aliphatic heterocycles. The van der Waals surface area contributed by atoms with Crippen molar-refractivity contribution in [2.24, 2.45) is 5.92 Å². The number of hydrogen-bond acceptors (Lipinski definition) is 6. The lowest BCUT2D eigenvalue weighted by Crippen LogP contribution is -2.10. The zero-order valence-electron chi connectivity index (χ0n) is 17.2. The van der Waals surface area contributed by atoms with Crippen molar-refractivity contribution in [2.75, 3.05) is 11.9 Å². The number of thiazole rings is 1. The molecule has 0 saturated carbocycles. The largest absolute Gasteiger partial charge is 0.462 e. The molecular weight excluding hydrogens is 394 g/mol. The second-order valence-electron chi connectivity index (χ2n) is 7.29. The second kappa shape index (κ2) is 9.86. The van der Waals surface area contributed by atoms with Gasteiger partial charge in [-0.25, -0.2) is 9.78 Å². The van der Waals surface area contributed by atoms with E-state index in [1.807, 2.05) is 50.4 Å². The van der Waals surface area contributed by atoms with Gasteiger partial charge in [0, 0.05) is 22.8 Å². The number of ether oxygens (including phenoxy) is 1. The number of hydrogen-bond donors (Lipinski definition) is 1. The van der Waals surface area contributed by atoms with Crippen molar-refractivity contribution < 1.29 is 9.53 Å². The Kier molecular flexibility index (Phi) is 6.99. The van der Waals surface area contributed by atoms with Crippen molar-refractivity contribution in [3.05, 3.63) is 76.2 Å². The van der Waals surface area contributed by atoms with Crippen LogP contribution in [0.5, 0.6) is 0 Å². The Hall–Kier alpha value is -3.43. The number of anilines is 1. The van der Waals surface area contributed by atoms with Gasteiger partial charge < -0.3 is 10.1 Å². The van der Waals surface area contributed by atoms with E-state index in [1.165, 1.54) is 16.9 Å². The fourth-order valence-corrected chi connectivity index (χ4v) is 3.37. The number of aryl methyl sites for hydroxylation is 1. The van der Waals surface area contributed by atoms with Crippen LogP contribution < -0.4 is 5.32 Å². The number of esters is 1. The molecule has 5 nitrogen and oxygen atoms in total. The van der Waals surface area contributed by atoms with Gasteiger partial charge in [-0.2, -0.15) is 5.26 Å². The van der Waals surface area contributed by atoms with E-state index >= 15 is 0 Å². The van der Waals surface area contributed by atoms with Gasteiger partial charge in [-0.3, -0.25) is 0 Å². The van der Waals surface area contributed by atoms with Crippen molar-refractivity contribution in [1.82, 2.24) is 4.98 Å². The predicted octanol–water partition coefficient (Wildman–Crippen LogP) is 5.91. The van der Waals surface area contributed by atoms with Gasteiger partial charge in [-0.1, -0.05) is 43.7 Å². The maximum Gasteiger partial charge on any atom is 0.338 e. The van der Waals surface area contributed by atoms with Crippen LogP contribution in [0.2, 0.25) is 0 Å². The van der Waals surface area contributed by atoms with Gasteiger partial charge in [-0.15, -0.1) is 11.3 Å². The zero-order chi connectivity index (χ0) is 21.5. The number of carbonyl (C=O) groups is 1. The molecule has 1 N–H and O–H groups in total. The van der Waals surface area contributed by atoms with Crippen molar-refractivity contribution in [1.29, 1.82) is 5.26 Å². The molecule has 30 heavy (non-hydrogen) atoms. The van der Waals surface area contributed by atoms with Crippen molar-refractivity contribution in [3.8, 4) is 17.3 Å². The monoisotopic (exact) mass is 417 g/mol. The van der Waals surface area contributed by atoms with Crippen LogP contribution in [0.25, 0.3) is 16.8 Å². The molecule has 6 heteroatoms. The summed E-state index contributed by atoms with van der Waals surface area (Å²) in [5.74, 6) is -0.0447. The minimum absolute atomic E-state index is 0.293. The number of benzene rings is 2. The van der Waals surface area contributed by atoms with E-state index in [2.05, 4.69) is 16.4 Å². The number of allylic oxidation sites excluding steroid dienone is 1. The van der Waals surface area contributed by atoms with E-state index in [1.54, 1.807) is 30.5 Å². The molecule has 0 fully saturated rings. The molecule has 0 amide bonds. The number of aromatic nitrogens is 1. The van der Waals surface area contributed by atoms with Gasteiger partial charge in [0.25, 0.3) is 0 Å². The molecule has 0 saturated heterocycles. The lowest BCUT2D eigenvalue weighted by molar-refractivity contribution is 0.0459. The van der Waals surface area contributed by atoms with Gasteiger partial charge in [0.05, 0.1) is 17.9 Å². The maximum atomic E-state index is 12.0. The average Bonchev–Trinajstić information content (AvgIpc) is 3.23. The number of carbonyl (C=O) groups excluding carboxylic acids is 1. The lowest BCUT2D eigenvalue weighted by atomic mass is 10.1. The summed E-state index contributed by atoms with van der Waals surface area (Å²) >= 11 is 1.43. The molecule has 1 heterocycles. The molecule has 0 radical (unpaired) electrons. The summed E-state index contributed by atoms with van der Waals surface area (Å²) in [5.41, 5.74) is 4.76. The quantitative estimate of drug-likeness (QED) is 0.382. The first-order valence-electron chi connectivity index (χ1n) is 9.63. The van der Waals surface area contributed by atoms with E-state index in [0.29, 0.717) is 28.7 Å². The fraction of sp³-hybridized carbons (Fsp3) is 0.208. The Bertz CT molecular complexity index is 1070. The third-order valence-corrected chi connectivity index (χ3v) is 5.13. The SMILES string of the molecule is Cc1ccc(-c2csc(C(C#N)=CNc3ccc(C(=O)OCC(C)C)cc3)n2)cc1. The maximum absolute atomic E-state index is 12.0. The summed E-state index contributed by atoms with van der Waals surface area (Å²) in [7, 11) is 0. The summed E-state index contributed by atoms with van der Waals surface area (Å²) in [6.45, 7) is 6.42. The first kappa shape index (κ1) is 21.3. The van der Waals surface area contributed by atoms with E-state index in [0.717, 1.165) is 16.9 Å². The molecule has 152 valence electrons. The zero-order valence-corrected chi connectivity index (χ0v) is 18.0. The van der Waals surface area contributed by atoms with Crippen LogP contribution in [0.4, 0.5) is 5.69 Å². The summed E-state index contributed by atoms with van der Waals surface area (Å²) in [6, 6.07) is 17.3. The van der Waals surface area contributed by atoms with Gasteiger partial charge >= 0.3 is 5.97 Å². The highest BCUT2D eigenvalue weighted by Crippen LogP contribution is 2.26. The molecule has 1 aromatic heterocycles. The summed E-state index contributed by atoms with van der Waals surface area (Å²) in [4.78, 5) is 16.6. The number of nitrogens with zero attached hydrogens (tertiary/aromatic N) is 2. The second-order valence-corrected chi connectivity index (χ2v) is 8.15. The Morgan fingerprint density at radius 2 is 1.90 bits per heavy atom. The molecule has 0 aliphatic rings. The Labute approximate surface area is 180 Å². The first-order valence-corrected chi connectivity index (χ1v) is 10.5. The topological polar surface area (TPSA) is 75.0 Å². The Morgan fingerprint density at radius 1 is 1.20 bits per heavy atom. The van der Waals surface area contributed by atoms with Crippen LogP contribution in [0.3, 0.4) is 0 Å². The molecule has 0 bridgehead atoms. The van der Waals surface area contributed by atoms with Crippen LogP contribution in [0.15, 0.2) is 60.1 Å². The fourth-order valence-electron chi connectivity index (χ4n) is 2.58. The van der Waals surface area contributed by atoms with Crippen LogP contribution in [-0.2, 0) is 4.74 Å². The van der Waals surface area contributed by atoms with Gasteiger partial charge in [0.2, 0.25) is 0 Å². The third kappa shape index (κ3) is 5.56. The number of nitriles is 1. The Balaban J connectivity index is 1.68. The molecular formula is C24H23N3O2S.